The minimum atomic E-state index is -0.482. The summed E-state index contributed by atoms with van der Waals surface area (Å²) < 4.78 is 5.88. The quantitative estimate of drug-likeness (QED) is 0.583. The van der Waals surface area contributed by atoms with Crippen molar-refractivity contribution in [1.29, 1.82) is 0 Å². The van der Waals surface area contributed by atoms with Gasteiger partial charge in [0.2, 0.25) is 0 Å². The van der Waals surface area contributed by atoms with Crippen LogP contribution in [0.5, 0.6) is 0 Å². The molecule has 0 unspecified atom stereocenters. The molecule has 0 heterocycles. The molecule has 166 valence electrons. The third kappa shape index (κ3) is 3.53. The van der Waals surface area contributed by atoms with Crippen LogP contribution in [0.25, 0.3) is 0 Å². The summed E-state index contributed by atoms with van der Waals surface area (Å²) in [6, 6.07) is 0. The van der Waals surface area contributed by atoms with Gasteiger partial charge in [0, 0.05) is 13.5 Å². The molecule has 4 aliphatic rings. The number of rotatable bonds is 6. The molecule has 1 N–H and O–H groups in total. The highest BCUT2D eigenvalue weighted by molar-refractivity contribution is 5.49. The maximum Gasteiger partial charge on any atom is 0.120 e. The highest BCUT2D eigenvalue weighted by atomic mass is 16.5. The van der Waals surface area contributed by atoms with Crippen molar-refractivity contribution in [3.05, 3.63) is 0 Å². The van der Waals surface area contributed by atoms with E-state index in [-0.39, 0.29) is 0 Å². The van der Waals surface area contributed by atoms with Crippen LogP contribution < -0.4 is 0 Å². The predicted molar refractivity (Wildman–Crippen MR) is 117 cm³/mol. The second-order valence-electron chi connectivity index (χ2n) is 12.0. The Morgan fingerprint density at radius 1 is 1.07 bits per heavy atom. The summed E-state index contributed by atoms with van der Waals surface area (Å²) in [6.07, 6.45) is 14.0. The van der Waals surface area contributed by atoms with Crippen LogP contribution in [0.3, 0.4) is 0 Å². The van der Waals surface area contributed by atoms with Crippen molar-refractivity contribution in [3.8, 4) is 0 Å². The largest absolute Gasteiger partial charge is 0.390 e. The fraction of sp³-hybridized carbons (Fsp3) is 0.962. The molecule has 4 aliphatic carbocycles. The molecule has 0 saturated heterocycles. The lowest BCUT2D eigenvalue weighted by molar-refractivity contribution is -0.175. The highest BCUT2D eigenvalue weighted by Crippen LogP contribution is 2.69. The molecule has 0 radical (unpaired) electrons. The predicted octanol–water partition coefficient (Wildman–Crippen LogP) is 5.64. The van der Waals surface area contributed by atoms with E-state index >= 15 is 0 Å². The molecule has 0 amide bonds. The highest BCUT2D eigenvalue weighted by Gasteiger charge is 2.62. The summed E-state index contributed by atoms with van der Waals surface area (Å²) in [5.74, 6) is 4.55. The Morgan fingerprint density at radius 3 is 2.59 bits per heavy atom. The Kier molecular flexibility index (Phi) is 5.97. The van der Waals surface area contributed by atoms with Gasteiger partial charge in [-0.3, -0.25) is 0 Å². The van der Waals surface area contributed by atoms with Gasteiger partial charge in [0.05, 0.1) is 12.2 Å². The molecule has 0 aromatic heterocycles. The van der Waals surface area contributed by atoms with Crippen molar-refractivity contribution in [1.82, 2.24) is 0 Å². The molecule has 4 saturated carbocycles. The molecule has 4 rings (SSSR count). The first kappa shape index (κ1) is 21.8. The van der Waals surface area contributed by atoms with E-state index in [0.29, 0.717) is 22.7 Å². The second kappa shape index (κ2) is 7.93. The fourth-order valence-corrected chi connectivity index (χ4v) is 9.29. The zero-order valence-electron chi connectivity index (χ0n) is 19.3. The lowest BCUT2D eigenvalue weighted by atomic mass is 9.43. The third-order valence-electron chi connectivity index (χ3n) is 10.6. The van der Waals surface area contributed by atoms with Gasteiger partial charge in [-0.05, 0) is 117 Å². The summed E-state index contributed by atoms with van der Waals surface area (Å²) in [5, 5.41) is 10.8. The molecule has 29 heavy (non-hydrogen) atoms. The Hall–Kier alpha value is -0.410. The number of hydrogen-bond acceptors (Lipinski definition) is 3. The average Bonchev–Trinajstić information content (AvgIpc) is 3.03. The Bertz CT molecular complexity index is 601. The maximum absolute atomic E-state index is 10.9. The van der Waals surface area contributed by atoms with Crippen molar-refractivity contribution in [2.75, 3.05) is 13.7 Å². The van der Waals surface area contributed by atoms with Crippen LogP contribution in [-0.2, 0) is 9.53 Å². The van der Waals surface area contributed by atoms with Crippen molar-refractivity contribution in [2.45, 2.75) is 97.0 Å². The number of carbonyl (C=O) groups excluding carboxylic acids is 1. The van der Waals surface area contributed by atoms with Crippen LogP contribution in [0.1, 0.15) is 91.4 Å². The SMILES string of the molecule is COC[C@]12CC[C@](C)(O)C[C@@H]1CC[C@H]1[C@@H]3CC[C@H]([C@H](C)CCC=O)[C@@]3(C)CC[C@@H]12. The molecular weight excluding hydrogens is 360 g/mol. The standard InChI is InChI=1S/C26H44O3/c1-18(6-5-15-27)21-9-10-22-20-8-7-19-16-24(2,28)13-14-26(19,17-29-4)23(20)11-12-25(21,22)3/h15,18-23,28H,5-14,16-17H2,1-4H3/t18-,19+,20+,21-,22+,23+,24+,25-,26-/m1/s1. The molecular formula is C26H44O3. The van der Waals surface area contributed by atoms with Gasteiger partial charge in [0.1, 0.15) is 6.29 Å². The maximum atomic E-state index is 10.9. The Labute approximate surface area is 178 Å². The van der Waals surface area contributed by atoms with Gasteiger partial charge in [-0.25, -0.2) is 0 Å². The van der Waals surface area contributed by atoms with E-state index < -0.39 is 5.60 Å². The molecule has 9 atom stereocenters. The Balaban J connectivity index is 1.57. The molecule has 4 fully saturated rings. The fourth-order valence-electron chi connectivity index (χ4n) is 9.29. The zero-order valence-corrected chi connectivity index (χ0v) is 19.3. The van der Waals surface area contributed by atoms with E-state index in [0.717, 1.165) is 68.7 Å². The van der Waals surface area contributed by atoms with E-state index in [1.165, 1.54) is 38.5 Å². The third-order valence-corrected chi connectivity index (χ3v) is 10.6. The van der Waals surface area contributed by atoms with Crippen molar-refractivity contribution >= 4 is 6.29 Å². The summed E-state index contributed by atoms with van der Waals surface area (Å²) >= 11 is 0. The first-order chi connectivity index (χ1) is 13.8. The number of hydrogen-bond donors (Lipinski definition) is 1. The van der Waals surface area contributed by atoms with Crippen LogP contribution >= 0.6 is 0 Å². The minimum Gasteiger partial charge on any atom is -0.390 e. The number of aldehydes is 1. The lowest BCUT2D eigenvalue weighted by Gasteiger charge is -2.63. The van der Waals surface area contributed by atoms with Crippen LogP contribution in [-0.4, -0.2) is 30.7 Å². The van der Waals surface area contributed by atoms with Crippen LogP contribution in [0.4, 0.5) is 0 Å². The van der Waals surface area contributed by atoms with E-state index in [1.807, 2.05) is 7.11 Å². The number of carbonyl (C=O) groups is 1. The topological polar surface area (TPSA) is 46.5 Å². The van der Waals surface area contributed by atoms with Gasteiger partial charge in [-0.15, -0.1) is 0 Å². The van der Waals surface area contributed by atoms with E-state index in [9.17, 15) is 9.90 Å². The number of fused-ring (bicyclic) bond motifs is 5. The first-order valence-corrected chi connectivity index (χ1v) is 12.4. The van der Waals surface area contributed by atoms with Crippen molar-refractivity contribution in [2.24, 2.45) is 46.3 Å². The van der Waals surface area contributed by atoms with Crippen LogP contribution in [0.15, 0.2) is 0 Å². The van der Waals surface area contributed by atoms with Crippen LogP contribution in [0, 0.1) is 46.3 Å². The lowest BCUT2D eigenvalue weighted by Crippen LogP contribution is -2.58. The second-order valence-corrected chi connectivity index (χ2v) is 12.0. The number of methoxy groups -OCH3 is 1. The van der Waals surface area contributed by atoms with Crippen LogP contribution in [0.2, 0.25) is 0 Å². The molecule has 3 heteroatoms. The average molecular weight is 405 g/mol. The van der Waals surface area contributed by atoms with E-state index in [4.69, 9.17) is 4.74 Å². The summed E-state index contributed by atoms with van der Waals surface area (Å²) in [7, 11) is 1.88. The van der Waals surface area contributed by atoms with E-state index in [2.05, 4.69) is 20.8 Å². The first-order valence-electron chi connectivity index (χ1n) is 12.4. The zero-order chi connectivity index (χ0) is 20.9. The van der Waals surface area contributed by atoms with Gasteiger partial charge in [0.25, 0.3) is 0 Å². The summed E-state index contributed by atoms with van der Waals surface area (Å²) in [4.78, 5) is 10.9. The molecule has 0 aromatic rings. The van der Waals surface area contributed by atoms with Gasteiger partial charge in [0.15, 0.2) is 0 Å². The van der Waals surface area contributed by atoms with Crippen molar-refractivity contribution < 1.29 is 14.6 Å². The number of aliphatic hydroxyl groups is 1. The van der Waals surface area contributed by atoms with E-state index in [1.54, 1.807) is 0 Å². The molecule has 0 aliphatic heterocycles. The molecule has 0 bridgehead atoms. The number of ether oxygens (including phenoxy) is 1. The normalized spacial score (nSPS) is 50.3. The van der Waals surface area contributed by atoms with Gasteiger partial charge in [-0.2, -0.15) is 0 Å². The summed E-state index contributed by atoms with van der Waals surface area (Å²) in [5.41, 5.74) is 0.275. The van der Waals surface area contributed by atoms with Gasteiger partial charge in [-0.1, -0.05) is 13.8 Å². The van der Waals surface area contributed by atoms with Gasteiger partial charge < -0.3 is 14.6 Å². The molecule has 0 aromatic carbocycles. The molecule has 3 nitrogen and oxygen atoms in total. The Morgan fingerprint density at radius 2 is 1.86 bits per heavy atom. The molecule has 0 spiro atoms. The van der Waals surface area contributed by atoms with Gasteiger partial charge >= 0.3 is 0 Å². The monoisotopic (exact) mass is 404 g/mol. The smallest absolute Gasteiger partial charge is 0.120 e. The summed E-state index contributed by atoms with van der Waals surface area (Å²) in [6.45, 7) is 7.94. The van der Waals surface area contributed by atoms with Crippen molar-refractivity contribution in [3.63, 3.8) is 0 Å². The minimum absolute atomic E-state index is 0.294.